The van der Waals surface area contributed by atoms with Crippen LogP contribution >= 0.6 is 0 Å². The van der Waals surface area contributed by atoms with Crippen molar-refractivity contribution in [2.45, 2.75) is 5.92 Å². The van der Waals surface area contributed by atoms with Gasteiger partial charge in [0.15, 0.2) is 11.5 Å². The van der Waals surface area contributed by atoms with Crippen molar-refractivity contribution >= 4 is 10.8 Å². The lowest BCUT2D eigenvalue weighted by molar-refractivity contribution is 0.323. The van der Waals surface area contributed by atoms with Crippen molar-refractivity contribution in [3.63, 3.8) is 0 Å². The average Bonchev–Trinajstić information content (AvgIpc) is 2.79. The van der Waals surface area contributed by atoms with Crippen LogP contribution in [0.1, 0.15) is 22.7 Å². The smallest absolute Gasteiger partial charge is 0.203 e. The van der Waals surface area contributed by atoms with Gasteiger partial charge < -0.3 is 14.2 Å². The lowest BCUT2D eigenvalue weighted by Gasteiger charge is -2.21. The highest BCUT2D eigenvalue weighted by molar-refractivity contribution is 5.85. The summed E-state index contributed by atoms with van der Waals surface area (Å²) in [6.07, 6.45) is 1.79. The SMILES string of the molecule is COc1cc(C(c2ccccc2)c2nncc3ccccc23)cc(OC)c1OC. The summed E-state index contributed by atoms with van der Waals surface area (Å²) in [6, 6.07) is 22.3. The lowest BCUT2D eigenvalue weighted by atomic mass is 9.86. The number of nitrogens with zero attached hydrogens (tertiary/aromatic N) is 2. The largest absolute Gasteiger partial charge is 0.493 e. The van der Waals surface area contributed by atoms with Gasteiger partial charge in [-0.2, -0.15) is 10.2 Å². The van der Waals surface area contributed by atoms with Crippen molar-refractivity contribution in [1.82, 2.24) is 10.2 Å². The highest BCUT2D eigenvalue weighted by Gasteiger charge is 2.24. The van der Waals surface area contributed by atoms with E-state index in [2.05, 4.69) is 28.4 Å². The molecule has 5 nitrogen and oxygen atoms in total. The first-order chi connectivity index (χ1) is 14.3. The maximum atomic E-state index is 5.59. The fourth-order valence-electron chi connectivity index (χ4n) is 3.68. The van der Waals surface area contributed by atoms with Crippen molar-refractivity contribution < 1.29 is 14.2 Å². The van der Waals surface area contributed by atoms with E-state index in [1.165, 1.54) is 0 Å². The van der Waals surface area contributed by atoms with Gasteiger partial charge in [0.25, 0.3) is 0 Å². The number of hydrogen-bond donors (Lipinski definition) is 0. The molecule has 0 radical (unpaired) electrons. The molecule has 0 saturated heterocycles. The van der Waals surface area contributed by atoms with Crippen molar-refractivity contribution in [1.29, 1.82) is 0 Å². The van der Waals surface area contributed by atoms with E-state index in [-0.39, 0.29) is 5.92 Å². The van der Waals surface area contributed by atoms with Crippen LogP contribution in [0.5, 0.6) is 17.2 Å². The Morgan fingerprint density at radius 2 is 1.38 bits per heavy atom. The standard InChI is InChI=1S/C24H22N2O3/c1-27-20-13-18(14-21(28-2)24(20)29-3)22(16-9-5-4-6-10-16)23-19-12-8-7-11-17(19)15-25-26-23/h4-15,22H,1-3H3. The van der Waals surface area contributed by atoms with E-state index < -0.39 is 0 Å². The molecule has 4 aromatic rings. The van der Waals surface area contributed by atoms with Crippen molar-refractivity contribution in [3.05, 3.63) is 89.7 Å². The minimum absolute atomic E-state index is 0.150. The van der Waals surface area contributed by atoms with Gasteiger partial charge in [0.2, 0.25) is 5.75 Å². The van der Waals surface area contributed by atoms with Crippen LogP contribution in [0.3, 0.4) is 0 Å². The Labute approximate surface area is 169 Å². The average molecular weight is 386 g/mol. The zero-order valence-corrected chi connectivity index (χ0v) is 16.6. The highest BCUT2D eigenvalue weighted by atomic mass is 16.5. The molecule has 0 aliphatic heterocycles. The number of rotatable bonds is 6. The summed E-state index contributed by atoms with van der Waals surface area (Å²) in [4.78, 5) is 0. The Balaban J connectivity index is 2.00. The lowest BCUT2D eigenvalue weighted by Crippen LogP contribution is -2.08. The molecular formula is C24H22N2O3. The summed E-state index contributed by atoms with van der Waals surface area (Å²) in [5.74, 6) is 1.63. The molecule has 0 N–H and O–H groups in total. The van der Waals surface area contributed by atoms with E-state index in [1.54, 1.807) is 27.5 Å². The molecule has 0 aliphatic carbocycles. The molecule has 0 bridgehead atoms. The van der Waals surface area contributed by atoms with Crippen molar-refractivity contribution in [2.75, 3.05) is 21.3 Å². The van der Waals surface area contributed by atoms with Crippen LogP contribution in [0.2, 0.25) is 0 Å². The van der Waals surface area contributed by atoms with Gasteiger partial charge in [0.05, 0.1) is 39.1 Å². The Kier molecular flexibility index (Phi) is 5.29. The number of hydrogen-bond acceptors (Lipinski definition) is 5. The van der Waals surface area contributed by atoms with E-state index in [9.17, 15) is 0 Å². The minimum Gasteiger partial charge on any atom is -0.493 e. The fraction of sp³-hybridized carbons (Fsp3) is 0.167. The van der Waals surface area contributed by atoms with Crippen LogP contribution in [0.25, 0.3) is 10.8 Å². The van der Waals surface area contributed by atoms with E-state index >= 15 is 0 Å². The maximum absolute atomic E-state index is 5.59. The maximum Gasteiger partial charge on any atom is 0.203 e. The first-order valence-electron chi connectivity index (χ1n) is 9.32. The van der Waals surface area contributed by atoms with E-state index in [0.29, 0.717) is 17.2 Å². The summed E-state index contributed by atoms with van der Waals surface area (Å²) < 4.78 is 16.7. The third-order valence-corrected chi connectivity index (χ3v) is 5.03. The molecule has 29 heavy (non-hydrogen) atoms. The van der Waals surface area contributed by atoms with Gasteiger partial charge in [-0.15, -0.1) is 0 Å². The van der Waals surface area contributed by atoms with Crippen LogP contribution in [-0.2, 0) is 0 Å². The Morgan fingerprint density at radius 3 is 2.03 bits per heavy atom. The predicted molar refractivity (Wildman–Crippen MR) is 113 cm³/mol. The summed E-state index contributed by atoms with van der Waals surface area (Å²) in [7, 11) is 4.84. The molecular weight excluding hydrogens is 364 g/mol. The van der Waals surface area contributed by atoms with Gasteiger partial charge in [-0.1, -0.05) is 54.6 Å². The zero-order valence-electron chi connectivity index (χ0n) is 16.6. The van der Waals surface area contributed by atoms with E-state index in [0.717, 1.165) is 27.6 Å². The number of methoxy groups -OCH3 is 3. The second-order valence-corrected chi connectivity index (χ2v) is 6.62. The Bertz CT molecular complexity index is 1100. The molecule has 5 heteroatoms. The molecule has 1 atom stereocenters. The molecule has 0 fully saturated rings. The minimum atomic E-state index is -0.150. The highest BCUT2D eigenvalue weighted by Crippen LogP contribution is 2.43. The number of fused-ring (bicyclic) bond motifs is 1. The molecule has 0 amide bonds. The molecule has 3 aromatic carbocycles. The summed E-state index contributed by atoms with van der Waals surface area (Å²) in [6.45, 7) is 0. The normalized spacial score (nSPS) is 11.8. The monoisotopic (exact) mass is 386 g/mol. The molecule has 1 aromatic heterocycles. The van der Waals surface area contributed by atoms with E-state index in [1.807, 2.05) is 48.5 Å². The second-order valence-electron chi connectivity index (χ2n) is 6.62. The molecule has 1 unspecified atom stereocenters. The number of aromatic nitrogens is 2. The number of ether oxygens (including phenoxy) is 3. The predicted octanol–water partition coefficient (Wildman–Crippen LogP) is 4.84. The van der Waals surface area contributed by atoms with E-state index in [4.69, 9.17) is 14.2 Å². The van der Waals surface area contributed by atoms with Crippen LogP contribution in [0, 0.1) is 0 Å². The second kappa shape index (κ2) is 8.19. The van der Waals surface area contributed by atoms with Crippen LogP contribution < -0.4 is 14.2 Å². The fourth-order valence-corrected chi connectivity index (χ4v) is 3.68. The van der Waals surface area contributed by atoms with Gasteiger partial charge >= 0.3 is 0 Å². The zero-order chi connectivity index (χ0) is 20.2. The molecule has 0 saturated carbocycles. The third-order valence-electron chi connectivity index (χ3n) is 5.03. The summed E-state index contributed by atoms with van der Waals surface area (Å²) in [5.41, 5.74) is 2.97. The molecule has 0 spiro atoms. The first-order valence-corrected chi connectivity index (χ1v) is 9.32. The molecule has 1 heterocycles. The van der Waals surface area contributed by atoms with Crippen LogP contribution in [0.4, 0.5) is 0 Å². The van der Waals surface area contributed by atoms with Crippen molar-refractivity contribution in [3.8, 4) is 17.2 Å². The molecule has 0 aliphatic rings. The van der Waals surface area contributed by atoms with Gasteiger partial charge in [-0.25, -0.2) is 0 Å². The third kappa shape index (κ3) is 3.47. The Hall–Kier alpha value is -3.60. The van der Waals surface area contributed by atoms with Crippen LogP contribution in [-0.4, -0.2) is 31.5 Å². The molecule has 4 rings (SSSR count). The van der Waals surface area contributed by atoms with Gasteiger partial charge in [-0.05, 0) is 23.3 Å². The first kappa shape index (κ1) is 18.7. The number of benzene rings is 3. The van der Waals surface area contributed by atoms with Gasteiger partial charge in [0.1, 0.15) is 0 Å². The van der Waals surface area contributed by atoms with Crippen molar-refractivity contribution in [2.24, 2.45) is 0 Å². The van der Waals surface area contributed by atoms with Gasteiger partial charge in [0, 0.05) is 10.8 Å². The quantitative estimate of drug-likeness (QED) is 0.475. The summed E-state index contributed by atoms with van der Waals surface area (Å²) in [5, 5.41) is 10.9. The summed E-state index contributed by atoms with van der Waals surface area (Å²) >= 11 is 0. The van der Waals surface area contributed by atoms with Crippen LogP contribution in [0.15, 0.2) is 72.9 Å². The molecule has 146 valence electrons. The topological polar surface area (TPSA) is 53.5 Å². The Morgan fingerprint density at radius 1 is 0.724 bits per heavy atom. The van der Waals surface area contributed by atoms with Gasteiger partial charge in [-0.3, -0.25) is 0 Å².